The second-order valence-electron chi connectivity index (χ2n) is 6.59. The number of aromatic nitrogens is 2. The number of thiophene rings is 2. The summed E-state index contributed by atoms with van der Waals surface area (Å²) in [5.74, 6) is -1.12. The summed E-state index contributed by atoms with van der Waals surface area (Å²) in [4.78, 5) is 26.2. The van der Waals surface area contributed by atoms with Gasteiger partial charge in [-0.3, -0.25) is 4.79 Å². The van der Waals surface area contributed by atoms with Crippen molar-refractivity contribution in [1.29, 1.82) is 5.26 Å². The number of anilines is 1. The van der Waals surface area contributed by atoms with Gasteiger partial charge in [0.25, 0.3) is 5.91 Å². The zero-order chi connectivity index (χ0) is 22.1. The van der Waals surface area contributed by atoms with Crippen molar-refractivity contribution in [3.8, 4) is 11.8 Å². The highest BCUT2D eigenvalue weighted by molar-refractivity contribution is 7.20. The van der Waals surface area contributed by atoms with Crippen LogP contribution in [-0.2, 0) is 9.53 Å². The summed E-state index contributed by atoms with van der Waals surface area (Å²) in [6, 6.07) is 12.6. The number of amides is 1. The molecule has 1 N–H and O–H groups in total. The number of aryl methyl sites for hydroxylation is 1. The highest BCUT2D eigenvalue weighted by Crippen LogP contribution is 2.33. The number of nitrogens with zero attached hydrogens (tertiary/aromatic N) is 3. The number of carbonyl (C=O) groups excluding carboxylic acids is 2. The van der Waals surface area contributed by atoms with E-state index in [-0.39, 0.29) is 0 Å². The Morgan fingerprint density at radius 1 is 1.32 bits per heavy atom. The van der Waals surface area contributed by atoms with Gasteiger partial charge in [-0.2, -0.15) is 10.4 Å². The number of nitriles is 1. The van der Waals surface area contributed by atoms with Crippen molar-refractivity contribution < 1.29 is 14.3 Å². The van der Waals surface area contributed by atoms with Crippen molar-refractivity contribution in [3.63, 3.8) is 0 Å². The second-order valence-corrected chi connectivity index (χ2v) is 8.94. The molecule has 156 valence electrons. The number of benzene rings is 1. The number of rotatable bonds is 5. The van der Waals surface area contributed by atoms with Gasteiger partial charge < -0.3 is 10.1 Å². The number of hydrogen-bond acceptors (Lipinski definition) is 7. The van der Waals surface area contributed by atoms with E-state index in [1.54, 1.807) is 28.3 Å². The number of carbonyl (C=O) groups is 2. The number of ether oxygens (including phenoxy) is 1. The van der Waals surface area contributed by atoms with Gasteiger partial charge in [0.1, 0.15) is 20.8 Å². The smallest absolute Gasteiger partial charge is 0.349 e. The first-order valence-electron chi connectivity index (χ1n) is 9.12. The van der Waals surface area contributed by atoms with E-state index < -0.39 is 18.0 Å². The number of nitrogens with one attached hydrogen (secondary N) is 1. The Balaban J connectivity index is 1.54. The summed E-state index contributed by atoms with van der Waals surface area (Å²) in [6.45, 7) is 3.33. The third kappa shape index (κ3) is 4.05. The zero-order valence-electron chi connectivity index (χ0n) is 16.4. The summed E-state index contributed by atoms with van der Waals surface area (Å²) in [5.41, 5.74) is 1.82. The maximum Gasteiger partial charge on any atom is 0.349 e. The average molecular weight is 471 g/mol. The van der Waals surface area contributed by atoms with Crippen molar-refractivity contribution >= 4 is 61.4 Å². The van der Waals surface area contributed by atoms with Crippen LogP contribution in [0.1, 0.15) is 27.9 Å². The molecule has 3 aromatic heterocycles. The van der Waals surface area contributed by atoms with Crippen LogP contribution in [-0.4, -0.2) is 27.8 Å². The van der Waals surface area contributed by atoms with Crippen molar-refractivity contribution in [2.24, 2.45) is 0 Å². The van der Waals surface area contributed by atoms with Crippen LogP contribution in [0.4, 0.5) is 5.00 Å². The van der Waals surface area contributed by atoms with E-state index in [0.29, 0.717) is 26.2 Å². The molecule has 3 heterocycles. The Labute approximate surface area is 190 Å². The minimum Gasteiger partial charge on any atom is -0.448 e. The topological polar surface area (TPSA) is 97.0 Å². The molecule has 1 aromatic carbocycles. The fraction of sp³-hybridized carbons (Fsp3) is 0.143. The molecule has 0 bridgehead atoms. The number of para-hydroxylation sites is 1. The van der Waals surface area contributed by atoms with Crippen molar-refractivity contribution in [2.75, 3.05) is 5.32 Å². The monoisotopic (exact) mass is 470 g/mol. The average Bonchev–Trinajstić information content (AvgIpc) is 3.45. The molecule has 10 heteroatoms. The molecular formula is C21H15ClN4O3S2. The van der Waals surface area contributed by atoms with E-state index in [1.807, 2.05) is 31.2 Å². The molecule has 0 spiro atoms. The lowest BCUT2D eigenvalue weighted by Gasteiger charge is -2.12. The summed E-state index contributed by atoms with van der Waals surface area (Å²) in [5, 5.41) is 19.7. The van der Waals surface area contributed by atoms with Crippen LogP contribution in [0.15, 0.2) is 41.8 Å². The lowest BCUT2D eigenvalue weighted by molar-refractivity contribution is -0.123. The van der Waals surface area contributed by atoms with Gasteiger partial charge in [-0.15, -0.1) is 22.7 Å². The normalized spacial score (nSPS) is 11.8. The van der Waals surface area contributed by atoms with Crippen LogP contribution in [0.2, 0.25) is 5.02 Å². The number of esters is 1. The largest absolute Gasteiger partial charge is 0.448 e. The molecule has 4 rings (SSSR count). The molecule has 0 fully saturated rings. The summed E-state index contributed by atoms with van der Waals surface area (Å²) in [7, 11) is 0. The first-order chi connectivity index (χ1) is 14.9. The maximum atomic E-state index is 12.7. The Bertz CT molecular complexity index is 1350. The first kappa shape index (κ1) is 21.1. The first-order valence-corrected chi connectivity index (χ1v) is 11.2. The van der Waals surface area contributed by atoms with Crippen LogP contribution in [0.25, 0.3) is 15.9 Å². The summed E-state index contributed by atoms with van der Waals surface area (Å²) < 4.78 is 7.05. The van der Waals surface area contributed by atoms with Gasteiger partial charge in [0.15, 0.2) is 6.10 Å². The second kappa shape index (κ2) is 8.51. The quantitative estimate of drug-likeness (QED) is 0.406. The van der Waals surface area contributed by atoms with E-state index in [2.05, 4.69) is 10.4 Å². The van der Waals surface area contributed by atoms with Gasteiger partial charge in [0, 0.05) is 5.39 Å². The lowest BCUT2D eigenvalue weighted by Crippen LogP contribution is -2.29. The molecule has 0 aliphatic carbocycles. The van der Waals surface area contributed by atoms with Gasteiger partial charge >= 0.3 is 5.97 Å². The molecule has 0 saturated carbocycles. The van der Waals surface area contributed by atoms with Gasteiger partial charge in [0.2, 0.25) is 0 Å². The molecule has 4 aromatic rings. The van der Waals surface area contributed by atoms with Gasteiger partial charge in [-0.1, -0.05) is 23.7 Å². The van der Waals surface area contributed by atoms with E-state index in [4.69, 9.17) is 21.6 Å². The van der Waals surface area contributed by atoms with Gasteiger partial charge in [-0.05, 0) is 43.5 Å². The molecule has 1 amide bonds. The van der Waals surface area contributed by atoms with Crippen LogP contribution < -0.4 is 5.32 Å². The number of hydrogen-bond donors (Lipinski definition) is 1. The van der Waals surface area contributed by atoms with Crippen LogP contribution >= 0.6 is 34.3 Å². The predicted octanol–water partition coefficient (Wildman–Crippen LogP) is 5.17. The van der Waals surface area contributed by atoms with Crippen LogP contribution in [0, 0.1) is 18.3 Å². The number of halogens is 1. The highest BCUT2D eigenvalue weighted by Gasteiger charge is 2.24. The molecule has 31 heavy (non-hydrogen) atoms. The molecular weight excluding hydrogens is 456 g/mol. The molecule has 0 aliphatic rings. The molecule has 1 atom stereocenters. The third-order valence-electron chi connectivity index (χ3n) is 4.50. The van der Waals surface area contributed by atoms with Crippen molar-refractivity contribution in [1.82, 2.24) is 9.78 Å². The van der Waals surface area contributed by atoms with Gasteiger partial charge in [0.05, 0.1) is 22.0 Å². The third-order valence-corrected chi connectivity index (χ3v) is 6.74. The van der Waals surface area contributed by atoms with Crippen molar-refractivity contribution in [2.45, 2.75) is 20.0 Å². The minimum absolute atomic E-state index is 0.352. The fourth-order valence-electron chi connectivity index (χ4n) is 2.91. The van der Waals surface area contributed by atoms with Crippen molar-refractivity contribution in [3.05, 3.63) is 62.9 Å². The maximum absolute atomic E-state index is 12.7. The Hall–Kier alpha value is -3.19. The lowest BCUT2D eigenvalue weighted by atomic mass is 10.3. The summed E-state index contributed by atoms with van der Waals surface area (Å²) in [6.07, 6.45) is -1.03. The van der Waals surface area contributed by atoms with E-state index in [1.165, 1.54) is 29.6 Å². The Morgan fingerprint density at radius 2 is 2.10 bits per heavy atom. The molecule has 0 radical (unpaired) electrons. The Kier molecular flexibility index (Phi) is 5.78. The fourth-order valence-corrected chi connectivity index (χ4v) is 4.93. The van der Waals surface area contributed by atoms with E-state index in [9.17, 15) is 9.59 Å². The standard InChI is InChI=1S/C21H15ClN4O3S2/c1-11-14-9-17(31-20(14)26(25-11)16-6-4-3-5-15(16)22)21(28)29-12(2)18(27)24-19-13(10-23)7-8-30-19/h3-9,12H,1-2H3,(H,24,27). The highest BCUT2D eigenvalue weighted by atomic mass is 35.5. The van der Waals surface area contributed by atoms with Crippen LogP contribution in [0.5, 0.6) is 0 Å². The molecule has 1 unspecified atom stereocenters. The van der Waals surface area contributed by atoms with Gasteiger partial charge in [-0.25, -0.2) is 9.48 Å². The Morgan fingerprint density at radius 3 is 2.84 bits per heavy atom. The SMILES string of the molecule is Cc1nn(-c2ccccc2Cl)c2sc(C(=O)OC(C)C(=O)Nc3sccc3C#N)cc12. The minimum atomic E-state index is -1.03. The molecule has 7 nitrogen and oxygen atoms in total. The van der Waals surface area contributed by atoms with Crippen LogP contribution in [0.3, 0.4) is 0 Å². The molecule has 0 saturated heterocycles. The molecule has 0 aliphatic heterocycles. The summed E-state index contributed by atoms with van der Waals surface area (Å²) >= 11 is 8.75. The predicted molar refractivity (Wildman–Crippen MR) is 121 cm³/mol. The zero-order valence-corrected chi connectivity index (χ0v) is 18.8. The van der Waals surface area contributed by atoms with E-state index in [0.717, 1.165) is 15.9 Å². The number of fused-ring (bicyclic) bond motifs is 1. The van der Waals surface area contributed by atoms with E-state index >= 15 is 0 Å².